The van der Waals surface area contributed by atoms with E-state index in [-0.39, 0.29) is 0 Å². The first-order valence-corrected chi connectivity index (χ1v) is 8.59. The number of benzene rings is 1. The number of nitrogens with zero attached hydrogens (tertiary/aromatic N) is 2. The molecule has 3 atom stereocenters. The van der Waals surface area contributed by atoms with Gasteiger partial charge in [0.25, 0.3) is 0 Å². The highest BCUT2D eigenvalue weighted by Crippen LogP contribution is 2.45. The molecule has 8 nitrogen and oxygen atoms in total. The molecule has 2 heterocycles. The third-order valence-electron chi connectivity index (χ3n) is 4.81. The quantitative estimate of drug-likeness (QED) is 0.607. The van der Waals surface area contributed by atoms with E-state index in [2.05, 4.69) is 0 Å². The zero-order chi connectivity index (χ0) is 18.8. The SMILES string of the molecule is CCCC[C@@H]1C(=O)O[C@@H]2[C@H]1N(C(=O)OC)c1ccccc1N2C(=O)OC. The van der Waals surface area contributed by atoms with Gasteiger partial charge in [0, 0.05) is 0 Å². The van der Waals surface area contributed by atoms with Gasteiger partial charge in [0.05, 0.1) is 31.5 Å². The van der Waals surface area contributed by atoms with Gasteiger partial charge in [0.15, 0.2) is 0 Å². The Balaban J connectivity index is 2.14. The van der Waals surface area contributed by atoms with E-state index in [4.69, 9.17) is 14.2 Å². The van der Waals surface area contributed by atoms with Crippen molar-refractivity contribution in [2.45, 2.75) is 38.5 Å². The van der Waals surface area contributed by atoms with Crippen molar-refractivity contribution in [1.82, 2.24) is 0 Å². The molecule has 2 amide bonds. The van der Waals surface area contributed by atoms with Crippen LogP contribution in [0.15, 0.2) is 24.3 Å². The minimum Gasteiger partial charge on any atom is -0.452 e. The first kappa shape index (κ1) is 18.0. The van der Waals surface area contributed by atoms with Crippen LogP contribution in [0, 0.1) is 5.92 Å². The van der Waals surface area contributed by atoms with Crippen molar-refractivity contribution in [3.63, 3.8) is 0 Å². The average Bonchev–Trinajstić information content (AvgIpc) is 2.98. The fourth-order valence-corrected chi connectivity index (χ4v) is 3.63. The Labute approximate surface area is 151 Å². The van der Waals surface area contributed by atoms with Gasteiger partial charge >= 0.3 is 18.2 Å². The van der Waals surface area contributed by atoms with Crippen LogP contribution in [-0.4, -0.2) is 44.6 Å². The largest absolute Gasteiger partial charge is 0.452 e. The topological polar surface area (TPSA) is 85.4 Å². The Bertz CT molecular complexity index is 721. The molecule has 0 bridgehead atoms. The number of para-hydroxylation sites is 2. The van der Waals surface area contributed by atoms with Crippen LogP contribution in [0.4, 0.5) is 21.0 Å². The van der Waals surface area contributed by atoms with Gasteiger partial charge in [0.1, 0.15) is 6.04 Å². The number of fused-ring (bicyclic) bond motifs is 2. The lowest BCUT2D eigenvalue weighted by atomic mass is 9.91. The van der Waals surface area contributed by atoms with Gasteiger partial charge in [-0.1, -0.05) is 31.9 Å². The van der Waals surface area contributed by atoms with Crippen molar-refractivity contribution in [1.29, 1.82) is 0 Å². The highest BCUT2D eigenvalue weighted by molar-refractivity contribution is 6.03. The van der Waals surface area contributed by atoms with E-state index in [1.165, 1.54) is 24.0 Å². The number of methoxy groups -OCH3 is 2. The summed E-state index contributed by atoms with van der Waals surface area (Å²) in [5.74, 6) is -0.969. The van der Waals surface area contributed by atoms with Crippen molar-refractivity contribution < 1.29 is 28.6 Å². The number of carbonyl (C=O) groups is 3. The third kappa shape index (κ3) is 2.75. The summed E-state index contributed by atoms with van der Waals surface area (Å²) >= 11 is 0. The maximum atomic E-state index is 12.5. The van der Waals surface area contributed by atoms with Crippen molar-refractivity contribution in [2.75, 3.05) is 24.0 Å². The maximum absolute atomic E-state index is 12.5. The number of rotatable bonds is 3. The zero-order valence-electron chi connectivity index (χ0n) is 15.0. The average molecular weight is 362 g/mol. The molecule has 0 aliphatic carbocycles. The van der Waals surface area contributed by atoms with Crippen LogP contribution in [0.25, 0.3) is 0 Å². The van der Waals surface area contributed by atoms with Gasteiger partial charge in [-0.2, -0.15) is 0 Å². The lowest BCUT2D eigenvalue weighted by Crippen LogP contribution is -2.59. The monoisotopic (exact) mass is 362 g/mol. The Morgan fingerprint density at radius 1 is 1.08 bits per heavy atom. The van der Waals surface area contributed by atoms with Crippen molar-refractivity contribution >= 4 is 29.5 Å². The summed E-state index contributed by atoms with van der Waals surface area (Å²) in [5.41, 5.74) is 0.903. The van der Waals surface area contributed by atoms with E-state index in [9.17, 15) is 14.4 Å². The minimum atomic E-state index is -0.953. The molecule has 0 unspecified atom stereocenters. The Morgan fingerprint density at radius 2 is 1.65 bits per heavy atom. The van der Waals surface area contributed by atoms with E-state index in [1.807, 2.05) is 6.92 Å². The van der Waals surface area contributed by atoms with Gasteiger partial charge in [-0.05, 0) is 18.6 Å². The van der Waals surface area contributed by atoms with E-state index < -0.39 is 36.3 Å². The molecule has 2 aliphatic heterocycles. The van der Waals surface area contributed by atoms with Crippen LogP contribution in [0.1, 0.15) is 26.2 Å². The predicted octanol–water partition coefficient (Wildman–Crippen LogP) is 2.90. The molecular weight excluding hydrogens is 340 g/mol. The number of anilines is 2. The van der Waals surface area contributed by atoms with Gasteiger partial charge in [-0.15, -0.1) is 0 Å². The number of ether oxygens (including phenoxy) is 3. The smallest absolute Gasteiger partial charge is 0.417 e. The predicted molar refractivity (Wildman–Crippen MR) is 92.9 cm³/mol. The van der Waals surface area contributed by atoms with Crippen LogP contribution in [-0.2, 0) is 19.0 Å². The van der Waals surface area contributed by atoms with Crippen molar-refractivity contribution in [2.24, 2.45) is 5.92 Å². The molecule has 1 saturated heterocycles. The summed E-state index contributed by atoms with van der Waals surface area (Å²) in [6.07, 6.45) is 0.0545. The minimum absolute atomic E-state index is 0.426. The van der Waals surface area contributed by atoms with Gasteiger partial charge in [-0.3, -0.25) is 9.69 Å². The second kappa shape index (κ2) is 7.23. The highest BCUT2D eigenvalue weighted by atomic mass is 16.6. The van der Waals surface area contributed by atoms with Crippen LogP contribution >= 0.6 is 0 Å². The number of amides is 2. The van der Waals surface area contributed by atoms with E-state index in [1.54, 1.807) is 24.3 Å². The summed E-state index contributed by atoms with van der Waals surface area (Å²) in [5, 5.41) is 0. The molecule has 3 rings (SSSR count). The molecular formula is C18H22N2O6. The highest BCUT2D eigenvalue weighted by Gasteiger charge is 2.57. The summed E-state index contributed by atoms with van der Waals surface area (Å²) in [4.78, 5) is 40.2. The molecule has 0 radical (unpaired) electrons. The summed E-state index contributed by atoms with van der Waals surface area (Å²) in [6.45, 7) is 2.02. The van der Waals surface area contributed by atoms with Crippen LogP contribution < -0.4 is 9.80 Å². The molecule has 1 aromatic carbocycles. The van der Waals surface area contributed by atoms with Crippen molar-refractivity contribution in [3.05, 3.63) is 24.3 Å². The van der Waals surface area contributed by atoms with Crippen LogP contribution in [0.3, 0.4) is 0 Å². The summed E-state index contributed by atoms with van der Waals surface area (Å²) in [6, 6.07) is 6.19. The number of carbonyl (C=O) groups excluding carboxylic acids is 3. The number of unbranched alkanes of at least 4 members (excludes halogenated alkanes) is 1. The molecule has 8 heteroatoms. The fourth-order valence-electron chi connectivity index (χ4n) is 3.63. The summed E-state index contributed by atoms with van der Waals surface area (Å²) < 4.78 is 15.4. The van der Waals surface area contributed by atoms with Gasteiger partial charge in [0.2, 0.25) is 6.23 Å². The third-order valence-corrected chi connectivity index (χ3v) is 4.81. The van der Waals surface area contributed by atoms with E-state index in [0.29, 0.717) is 17.8 Å². The standard InChI is InChI=1S/C18H22N2O6/c1-4-5-8-11-14-15(26-16(11)21)20(18(23)25-3)13-10-7-6-9-12(13)19(14)17(22)24-2/h6-7,9-11,14-15H,4-5,8H2,1-3H3/t11-,14-,15+/m0/s1. The number of esters is 1. The Hall–Kier alpha value is -2.77. The second-order valence-corrected chi connectivity index (χ2v) is 6.24. The maximum Gasteiger partial charge on any atom is 0.417 e. The van der Waals surface area contributed by atoms with Crippen molar-refractivity contribution in [3.8, 4) is 0 Å². The molecule has 26 heavy (non-hydrogen) atoms. The lowest BCUT2D eigenvalue weighted by Gasteiger charge is -2.43. The molecule has 1 fully saturated rings. The molecule has 0 aromatic heterocycles. The van der Waals surface area contributed by atoms with Crippen LogP contribution in [0.5, 0.6) is 0 Å². The lowest BCUT2D eigenvalue weighted by molar-refractivity contribution is -0.144. The molecule has 1 aromatic rings. The first-order chi connectivity index (χ1) is 12.5. The molecule has 2 aliphatic rings. The Morgan fingerprint density at radius 3 is 2.23 bits per heavy atom. The second-order valence-electron chi connectivity index (χ2n) is 6.24. The number of hydrogen-bond acceptors (Lipinski definition) is 6. The Kier molecular flexibility index (Phi) is 5.01. The van der Waals surface area contributed by atoms with Gasteiger partial charge < -0.3 is 14.2 Å². The summed E-state index contributed by atoms with van der Waals surface area (Å²) in [7, 11) is 2.54. The normalized spacial score (nSPS) is 23.8. The number of hydrogen-bond donors (Lipinski definition) is 0. The molecule has 0 spiro atoms. The zero-order valence-corrected chi connectivity index (χ0v) is 15.0. The molecule has 140 valence electrons. The first-order valence-electron chi connectivity index (χ1n) is 8.59. The van der Waals surface area contributed by atoms with Crippen LogP contribution in [0.2, 0.25) is 0 Å². The van der Waals surface area contributed by atoms with E-state index >= 15 is 0 Å². The fraction of sp³-hybridized carbons (Fsp3) is 0.500. The molecule has 0 saturated carbocycles. The van der Waals surface area contributed by atoms with Gasteiger partial charge in [-0.25, -0.2) is 14.5 Å². The molecule has 0 N–H and O–H groups in total. The van der Waals surface area contributed by atoms with E-state index in [0.717, 1.165) is 12.8 Å².